The van der Waals surface area contributed by atoms with Crippen molar-refractivity contribution in [3.63, 3.8) is 0 Å². The summed E-state index contributed by atoms with van der Waals surface area (Å²) in [5, 5.41) is 7.73. The zero-order valence-electron chi connectivity index (χ0n) is 14.2. The molecule has 129 valence electrons. The summed E-state index contributed by atoms with van der Waals surface area (Å²) in [4.78, 5) is 8.15. The highest BCUT2D eigenvalue weighted by Gasteiger charge is 2.22. The minimum atomic E-state index is -1.29. The summed E-state index contributed by atoms with van der Waals surface area (Å²) in [6.45, 7) is 9.46. The van der Waals surface area contributed by atoms with Gasteiger partial charge in [-0.3, -0.25) is 0 Å². The van der Waals surface area contributed by atoms with Crippen LogP contribution in [0.3, 0.4) is 0 Å². The molecule has 0 saturated heterocycles. The maximum absolute atomic E-state index is 9.44. The monoisotopic (exact) mass is 359 g/mol. The first-order valence-corrected chi connectivity index (χ1v) is 11.6. The Hall–Kier alpha value is 0.480. The van der Waals surface area contributed by atoms with E-state index in [0.717, 1.165) is 0 Å². The van der Waals surface area contributed by atoms with Crippen LogP contribution >= 0.6 is 30.5 Å². The van der Waals surface area contributed by atoms with Gasteiger partial charge >= 0.3 is 5.97 Å². The molecule has 0 aromatic rings. The van der Waals surface area contributed by atoms with Crippen molar-refractivity contribution in [1.82, 2.24) is 0 Å². The van der Waals surface area contributed by atoms with Crippen LogP contribution < -0.4 is 0 Å². The lowest BCUT2D eigenvalue weighted by Gasteiger charge is -2.36. The van der Waals surface area contributed by atoms with E-state index in [1.165, 1.54) is 44.7 Å². The Kier molecular flexibility index (Phi) is 17.4. The highest BCUT2D eigenvalue weighted by atomic mass is 35.5. The molecule has 1 N–H and O–H groups in total. The predicted octanol–water partition coefficient (Wildman–Crippen LogP) is 6.30. The molecule has 5 heteroatoms. The third kappa shape index (κ3) is 13.8. The molecule has 0 aromatic heterocycles. The minimum absolute atomic E-state index is 0.527. The quantitative estimate of drug-likeness (QED) is 0.347. The number of rotatable bonds is 11. The van der Waals surface area contributed by atoms with Crippen LogP contribution in [0, 0.1) is 0 Å². The summed E-state index contributed by atoms with van der Waals surface area (Å²) in [5.41, 5.74) is 0. The summed E-state index contributed by atoms with van der Waals surface area (Å²) in [6, 6.07) is 0. The summed E-state index contributed by atoms with van der Waals surface area (Å²) in [5.74, 6) is -1.21. The minimum Gasteiger partial charge on any atom is -0.479 e. The fraction of sp³-hybridized carbons (Fsp3) is 0.938. The maximum atomic E-state index is 9.44. The molecule has 0 aromatic carbocycles. The lowest BCUT2D eigenvalue weighted by molar-refractivity contribution is -0.135. The molecule has 0 aliphatic carbocycles. The molecule has 21 heavy (non-hydrogen) atoms. The Morgan fingerprint density at radius 2 is 1.19 bits per heavy atom. The van der Waals surface area contributed by atoms with Crippen LogP contribution in [-0.2, 0) is 4.79 Å². The van der Waals surface area contributed by atoms with Crippen molar-refractivity contribution in [3.8, 4) is 0 Å². The maximum Gasteiger partial charge on any atom is 0.337 e. The van der Waals surface area contributed by atoms with Gasteiger partial charge in [-0.1, -0.05) is 70.2 Å². The van der Waals surface area contributed by atoms with Crippen LogP contribution in [0.5, 0.6) is 0 Å². The number of aliphatic carboxylic acids is 1. The molecule has 0 heterocycles. The molecule has 1 radical (unpaired) electrons. The third-order valence-corrected chi connectivity index (χ3v) is 9.33. The normalized spacial score (nSPS) is 11.2. The van der Waals surface area contributed by atoms with Gasteiger partial charge in [-0.05, 0) is 43.9 Å². The van der Waals surface area contributed by atoms with Crippen molar-refractivity contribution in [3.05, 3.63) is 0 Å². The molecule has 0 bridgehead atoms. The molecule has 0 rings (SSSR count). The molecule has 0 aliphatic heterocycles. The number of alkyl halides is 2. The van der Waals surface area contributed by atoms with Crippen molar-refractivity contribution in [1.29, 1.82) is 0 Å². The zero-order valence-corrected chi connectivity index (χ0v) is 16.6. The van der Waals surface area contributed by atoms with Gasteiger partial charge in [-0.2, -0.15) is 0 Å². The van der Waals surface area contributed by atoms with Gasteiger partial charge in [0.1, 0.15) is 0 Å². The van der Waals surface area contributed by atoms with E-state index >= 15 is 0 Å². The van der Waals surface area contributed by atoms with Gasteiger partial charge in [0.05, 0.1) is 0 Å². The zero-order chi connectivity index (χ0) is 16.7. The lowest BCUT2D eigenvalue weighted by Crippen LogP contribution is -2.11. The van der Waals surface area contributed by atoms with Crippen LogP contribution in [0.4, 0.5) is 0 Å². The van der Waals surface area contributed by atoms with Gasteiger partial charge in [0.2, 0.25) is 4.84 Å². The highest BCUT2D eigenvalue weighted by Crippen LogP contribution is 2.60. The van der Waals surface area contributed by atoms with Crippen LogP contribution in [0.1, 0.15) is 66.2 Å². The van der Waals surface area contributed by atoms with E-state index in [2.05, 4.69) is 27.7 Å². The summed E-state index contributed by atoms with van der Waals surface area (Å²) in [6.07, 6.45) is 14.9. The van der Waals surface area contributed by atoms with Crippen molar-refractivity contribution in [2.24, 2.45) is 0 Å². The Labute approximate surface area is 142 Å². The summed E-state index contributed by atoms with van der Waals surface area (Å²) >= 11 is 9.56. The molecule has 0 saturated carbocycles. The van der Waals surface area contributed by atoms with Crippen LogP contribution in [0.15, 0.2) is 0 Å². The van der Waals surface area contributed by atoms with Gasteiger partial charge in [-0.15, -0.1) is 7.26 Å². The topological polar surface area (TPSA) is 37.3 Å². The molecule has 0 fully saturated rings. The molecule has 0 atom stereocenters. The molecular formula is C16H34Cl2O2P. The Balaban J connectivity index is 0. The van der Waals surface area contributed by atoms with Crippen molar-refractivity contribution in [2.75, 3.05) is 24.6 Å². The number of carboxylic acid groups (broad SMARTS) is 1. The number of hydrogen-bond acceptors (Lipinski definition) is 1. The second-order valence-electron chi connectivity index (χ2n) is 5.53. The van der Waals surface area contributed by atoms with Crippen molar-refractivity contribution < 1.29 is 9.90 Å². The first-order chi connectivity index (χ1) is 9.89. The van der Waals surface area contributed by atoms with Gasteiger partial charge in [-0.25, -0.2) is 4.79 Å². The molecule has 0 spiro atoms. The second-order valence-corrected chi connectivity index (χ2v) is 11.3. The SMILES string of the molecule is CCCC[P](CC)(CCCC)CCCC.O=C(O)C(Cl)Cl. The largest absolute Gasteiger partial charge is 0.479 e. The average Bonchev–Trinajstić information content (AvgIpc) is 2.47. The lowest BCUT2D eigenvalue weighted by atomic mass is 10.4. The first kappa shape index (κ1) is 23.7. The third-order valence-electron chi connectivity index (χ3n) is 3.82. The number of hydrogen-bond donors (Lipinski definition) is 1. The Morgan fingerprint density at radius 1 is 0.905 bits per heavy atom. The Bertz CT molecular complexity index is 227. The number of unbranched alkanes of at least 4 members (excludes halogenated alkanes) is 3. The van der Waals surface area contributed by atoms with E-state index in [9.17, 15) is 4.79 Å². The standard InChI is InChI=1S/C14H32P.C2H2Cl2O2/c1-5-9-12-15(8-4,13-10-6-2)14-11-7-3;3-1(4)2(5)6/h5-14H2,1-4H3;1H,(H,5,6). The molecule has 0 aliphatic rings. The number of halogens is 2. The van der Waals surface area contributed by atoms with Gasteiger partial charge in [0.25, 0.3) is 0 Å². The van der Waals surface area contributed by atoms with Crippen LogP contribution in [-0.4, -0.2) is 40.6 Å². The number of carboxylic acids is 1. The fourth-order valence-corrected chi connectivity index (χ4v) is 6.87. The van der Waals surface area contributed by atoms with Crippen molar-refractivity contribution >= 4 is 36.4 Å². The van der Waals surface area contributed by atoms with E-state index in [-0.39, 0.29) is 0 Å². The highest BCUT2D eigenvalue weighted by molar-refractivity contribution is 7.75. The fourth-order valence-electron chi connectivity index (χ4n) is 2.29. The van der Waals surface area contributed by atoms with E-state index in [1.54, 1.807) is 18.5 Å². The van der Waals surface area contributed by atoms with E-state index in [0.29, 0.717) is 0 Å². The molecule has 0 unspecified atom stereocenters. The Morgan fingerprint density at radius 3 is 1.33 bits per heavy atom. The summed E-state index contributed by atoms with van der Waals surface area (Å²) in [7, 11) is -0.527. The summed E-state index contributed by atoms with van der Waals surface area (Å²) < 4.78 is 0. The predicted molar refractivity (Wildman–Crippen MR) is 99.9 cm³/mol. The van der Waals surface area contributed by atoms with E-state index < -0.39 is 18.1 Å². The van der Waals surface area contributed by atoms with E-state index in [4.69, 9.17) is 28.3 Å². The first-order valence-electron chi connectivity index (χ1n) is 8.25. The average molecular weight is 360 g/mol. The number of carbonyl (C=O) groups is 1. The van der Waals surface area contributed by atoms with Crippen LogP contribution in [0.2, 0.25) is 0 Å². The van der Waals surface area contributed by atoms with Gasteiger partial charge < -0.3 is 5.11 Å². The van der Waals surface area contributed by atoms with E-state index in [1.807, 2.05) is 0 Å². The smallest absolute Gasteiger partial charge is 0.337 e. The van der Waals surface area contributed by atoms with Crippen LogP contribution in [0.25, 0.3) is 0 Å². The molecule has 0 amide bonds. The molecule has 2 nitrogen and oxygen atoms in total. The van der Waals surface area contributed by atoms with Gasteiger partial charge in [0, 0.05) is 0 Å². The van der Waals surface area contributed by atoms with Crippen molar-refractivity contribution in [2.45, 2.75) is 71.1 Å². The second kappa shape index (κ2) is 15.4. The van der Waals surface area contributed by atoms with Gasteiger partial charge in [0.15, 0.2) is 0 Å². The molecular weight excluding hydrogens is 326 g/mol.